The first-order valence-corrected chi connectivity index (χ1v) is 9.61. The van der Waals surface area contributed by atoms with Gasteiger partial charge >= 0.3 is 0 Å². The molecule has 1 amide bonds. The number of benzene rings is 2. The molecule has 1 N–H and O–H groups in total. The van der Waals surface area contributed by atoms with Crippen molar-refractivity contribution in [2.24, 2.45) is 4.99 Å². The van der Waals surface area contributed by atoms with Crippen LogP contribution in [0.25, 0.3) is 11.0 Å². The van der Waals surface area contributed by atoms with Gasteiger partial charge in [0.2, 0.25) is 5.55 Å². The third-order valence-corrected chi connectivity index (χ3v) is 4.66. The summed E-state index contributed by atoms with van der Waals surface area (Å²) in [6.07, 6.45) is 0. The number of fused-ring (bicyclic) bond motifs is 1. The number of amides is 1. The zero-order valence-electron chi connectivity index (χ0n) is 17.3. The third kappa shape index (κ3) is 4.30. The van der Waals surface area contributed by atoms with E-state index in [9.17, 15) is 9.18 Å². The average molecular weight is 417 g/mol. The van der Waals surface area contributed by atoms with Gasteiger partial charge in [-0.25, -0.2) is 14.4 Å². The molecule has 156 valence electrons. The minimum Gasteiger partial charge on any atom is -0.493 e. The van der Waals surface area contributed by atoms with E-state index in [2.05, 4.69) is 15.3 Å². The number of aromatic nitrogens is 1. The van der Waals surface area contributed by atoms with Gasteiger partial charge in [0, 0.05) is 11.1 Å². The predicted octanol–water partition coefficient (Wildman–Crippen LogP) is 5.08. The summed E-state index contributed by atoms with van der Waals surface area (Å²) in [5, 5.41) is 3.39. The maximum absolute atomic E-state index is 14.4. The van der Waals surface area contributed by atoms with E-state index in [1.165, 1.54) is 13.2 Å². The summed E-state index contributed by atoms with van der Waals surface area (Å²) in [5.74, 6) is -0.125. The molecular formula is C24H20FN3O3. The molecule has 2 heterocycles. The van der Waals surface area contributed by atoms with Gasteiger partial charge in [0.05, 0.1) is 7.11 Å². The number of hydrogen-bond donors (Lipinski definition) is 1. The lowest BCUT2D eigenvalue weighted by atomic mass is 10.1. The van der Waals surface area contributed by atoms with Gasteiger partial charge in [-0.2, -0.15) is 0 Å². The Morgan fingerprint density at radius 3 is 2.68 bits per heavy atom. The van der Waals surface area contributed by atoms with Crippen LogP contribution in [0, 0.1) is 19.7 Å². The molecule has 0 aliphatic carbocycles. The first-order valence-electron chi connectivity index (χ1n) is 9.61. The molecule has 0 aliphatic heterocycles. The number of anilines is 1. The van der Waals surface area contributed by atoms with Crippen LogP contribution in [0.1, 0.15) is 21.6 Å². The van der Waals surface area contributed by atoms with Gasteiger partial charge in [0.1, 0.15) is 22.9 Å². The summed E-state index contributed by atoms with van der Waals surface area (Å²) in [6.45, 7) is 3.66. The second kappa shape index (κ2) is 8.39. The maximum Gasteiger partial charge on any atom is 0.262 e. The number of ether oxygens (including phenoxy) is 1. The Labute approximate surface area is 178 Å². The fourth-order valence-corrected chi connectivity index (χ4v) is 3.15. The van der Waals surface area contributed by atoms with Gasteiger partial charge in [0.25, 0.3) is 5.91 Å². The Morgan fingerprint density at radius 1 is 1.10 bits per heavy atom. The molecule has 4 rings (SSSR count). The van der Waals surface area contributed by atoms with Gasteiger partial charge in [0.15, 0.2) is 11.3 Å². The second-order valence-electron chi connectivity index (χ2n) is 7.03. The molecule has 0 unspecified atom stereocenters. The lowest BCUT2D eigenvalue weighted by molar-refractivity contribution is 0.102. The molecule has 0 bridgehead atoms. The van der Waals surface area contributed by atoms with Crippen molar-refractivity contribution < 1.29 is 18.3 Å². The highest BCUT2D eigenvalue weighted by Gasteiger charge is 2.16. The molecule has 0 saturated heterocycles. The van der Waals surface area contributed by atoms with Crippen LogP contribution in [-0.2, 0) is 0 Å². The van der Waals surface area contributed by atoms with Crippen molar-refractivity contribution in [3.05, 3.63) is 88.9 Å². The van der Waals surface area contributed by atoms with Crippen molar-refractivity contribution >= 4 is 28.4 Å². The van der Waals surface area contributed by atoms with E-state index in [0.29, 0.717) is 22.5 Å². The van der Waals surface area contributed by atoms with E-state index in [-0.39, 0.29) is 16.8 Å². The first kappa shape index (κ1) is 20.3. The number of nitrogens with one attached hydrogen (secondary N) is 1. The molecular weight excluding hydrogens is 397 g/mol. The van der Waals surface area contributed by atoms with E-state index in [1.54, 1.807) is 48.5 Å². The monoisotopic (exact) mass is 417 g/mol. The van der Waals surface area contributed by atoms with Gasteiger partial charge in [-0.3, -0.25) is 4.79 Å². The summed E-state index contributed by atoms with van der Waals surface area (Å²) >= 11 is 0. The molecule has 0 aliphatic rings. The van der Waals surface area contributed by atoms with E-state index in [1.807, 2.05) is 19.9 Å². The van der Waals surface area contributed by atoms with E-state index < -0.39 is 11.7 Å². The number of halogens is 1. The van der Waals surface area contributed by atoms with Gasteiger partial charge < -0.3 is 14.5 Å². The van der Waals surface area contributed by atoms with Crippen LogP contribution in [0.5, 0.6) is 5.75 Å². The minimum atomic E-state index is -0.521. The molecule has 2 aromatic carbocycles. The minimum absolute atomic E-state index is 0.0355. The molecule has 0 atom stereocenters. The standard InChI is InChI=1S/C24H20FN3O3/c1-14-10-11-18(25)19(12-14)27-24-17(23(29)28-21-9-4-6-15(2)26-21)13-16-7-5-8-20(30-3)22(16)31-24/h4-13H,1-3H3,(H,26,28,29). The summed E-state index contributed by atoms with van der Waals surface area (Å²) in [7, 11) is 1.52. The fourth-order valence-electron chi connectivity index (χ4n) is 3.15. The Kier molecular flexibility index (Phi) is 5.49. The summed E-state index contributed by atoms with van der Waals surface area (Å²) in [4.78, 5) is 21.7. The number of rotatable bonds is 4. The Balaban J connectivity index is 1.92. The first-order chi connectivity index (χ1) is 14.9. The molecule has 0 saturated carbocycles. The predicted molar refractivity (Wildman–Crippen MR) is 116 cm³/mol. The van der Waals surface area contributed by atoms with E-state index in [4.69, 9.17) is 9.15 Å². The van der Waals surface area contributed by atoms with Gasteiger partial charge in [-0.1, -0.05) is 24.3 Å². The van der Waals surface area contributed by atoms with Crippen LogP contribution < -0.4 is 15.6 Å². The highest BCUT2D eigenvalue weighted by Crippen LogP contribution is 2.25. The molecule has 0 fully saturated rings. The lowest BCUT2D eigenvalue weighted by Crippen LogP contribution is -2.22. The summed E-state index contributed by atoms with van der Waals surface area (Å²) < 4.78 is 25.7. The normalized spacial score (nSPS) is 11.5. The molecule has 4 aromatic rings. The Hall–Kier alpha value is -4.00. The zero-order chi connectivity index (χ0) is 22.0. The van der Waals surface area contributed by atoms with Crippen molar-refractivity contribution in [2.75, 3.05) is 12.4 Å². The largest absolute Gasteiger partial charge is 0.493 e. The van der Waals surface area contributed by atoms with Crippen molar-refractivity contribution in [3.8, 4) is 5.75 Å². The van der Waals surface area contributed by atoms with E-state index >= 15 is 0 Å². The lowest BCUT2D eigenvalue weighted by Gasteiger charge is -2.09. The van der Waals surface area contributed by atoms with E-state index in [0.717, 1.165) is 11.3 Å². The molecule has 0 radical (unpaired) electrons. The third-order valence-electron chi connectivity index (χ3n) is 4.66. The van der Waals surface area contributed by atoms with Crippen LogP contribution in [0.2, 0.25) is 0 Å². The smallest absolute Gasteiger partial charge is 0.262 e. The zero-order valence-corrected chi connectivity index (χ0v) is 17.3. The van der Waals surface area contributed by atoms with Crippen LogP contribution in [0.3, 0.4) is 0 Å². The highest BCUT2D eigenvalue weighted by molar-refractivity contribution is 6.05. The molecule has 31 heavy (non-hydrogen) atoms. The average Bonchev–Trinajstić information content (AvgIpc) is 2.75. The number of nitrogens with zero attached hydrogens (tertiary/aromatic N) is 2. The topological polar surface area (TPSA) is 76.7 Å². The van der Waals surface area contributed by atoms with Crippen LogP contribution in [0.4, 0.5) is 15.9 Å². The van der Waals surface area contributed by atoms with Gasteiger partial charge in [-0.15, -0.1) is 0 Å². The summed E-state index contributed by atoms with van der Waals surface area (Å²) in [5.41, 5.74) is 2.17. The Bertz CT molecular complexity index is 1360. The second-order valence-corrected chi connectivity index (χ2v) is 7.03. The van der Waals surface area contributed by atoms with Crippen molar-refractivity contribution in [1.29, 1.82) is 0 Å². The Morgan fingerprint density at radius 2 is 1.90 bits per heavy atom. The van der Waals surface area contributed by atoms with Crippen LogP contribution >= 0.6 is 0 Å². The van der Waals surface area contributed by atoms with Crippen molar-refractivity contribution in [3.63, 3.8) is 0 Å². The highest BCUT2D eigenvalue weighted by atomic mass is 19.1. The van der Waals surface area contributed by atoms with Crippen molar-refractivity contribution in [1.82, 2.24) is 4.98 Å². The maximum atomic E-state index is 14.4. The molecule has 7 heteroatoms. The number of carbonyl (C=O) groups is 1. The number of para-hydroxylation sites is 1. The number of methoxy groups -OCH3 is 1. The molecule has 0 spiro atoms. The SMILES string of the molecule is COc1cccc2cc(C(=O)Nc3cccc(C)n3)c(=Nc3cc(C)ccc3F)oc12. The molecule has 2 aromatic heterocycles. The quantitative estimate of drug-likeness (QED) is 0.503. The summed E-state index contributed by atoms with van der Waals surface area (Å²) in [6, 6.07) is 16.8. The van der Waals surface area contributed by atoms with Crippen LogP contribution in [-0.4, -0.2) is 18.0 Å². The molecule has 6 nitrogen and oxygen atoms in total. The number of carbonyl (C=O) groups excluding carboxylic acids is 1. The fraction of sp³-hybridized carbons (Fsp3) is 0.125. The van der Waals surface area contributed by atoms with Gasteiger partial charge in [-0.05, 0) is 55.8 Å². The van der Waals surface area contributed by atoms with Crippen LogP contribution in [0.15, 0.2) is 70.1 Å². The number of aryl methyl sites for hydroxylation is 2. The van der Waals surface area contributed by atoms with Crippen molar-refractivity contribution in [2.45, 2.75) is 13.8 Å². The number of pyridine rings is 1. The number of hydrogen-bond acceptors (Lipinski definition) is 5.